The summed E-state index contributed by atoms with van der Waals surface area (Å²) in [7, 11) is 0. The molecule has 0 aliphatic rings. The van der Waals surface area contributed by atoms with E-state index in [1.165, 1.54) is 13.0 Å². The Morgan fingerprint density at radius 3 is 2.40 bits per heavy atom. The summed E-state index contributed by atoms with van der Waals surface area (Å²) < 4.78 is 27.4. The van der Waals surface area contributed by atoms with E-state index in [0.717, 1.165) is 6.07 Å². The lowest BCUT2D eigenvalue weighted by Gasteiger charge is -2.29. The lowest BCUT2D eigenvalue weighted by molar-refractivity contribution is 0.0844. The van der Waals surface area contributed by atoms with Gasteiger partial charge in [-0.3, -0.25) is 4.79 Å². The van der Waals surface area contributed by atoms with Crippen LogP contribution in [0.2, 0.25) is 0 Å². The molecule has 3 nitrogen and oxygen atoms in total. The molecular weight excluding hydrogens is 264 g/mol. The fraction of sp³-hybridized carbons (Fsp3) is 0.533. The van der Waals surface area contributed by atoms with Gasteiger partial charge in [-0.05, 0) is 31.4 Å². The minimum Gasteiger partial charge on any atom is -0.396 e. The maximum atomic E-state index is 13.8. The smallest absolute Gasteiger partial charge is 0.257 e. The first-order valence-electron chi connectivity index (χ1n) is 6.74. The van der Waals surface area contributed by atoms with Crippen LogP contribution in [0.4, 0.5) is 8.78 Å². The van der Waals surface area contributed by atoms with Gasteiger partial charge >= 0.3 is 0 Å². The van der Waals surface area contributed by atoms with Crippen LogP contribution in [0.25, 0.3) is 0 Å². The van der Waals surface area contributed by atoms with Crippen molar-refractivity contribution in [3.05, 3.63) is 34.9 Å². The first-order valence-corrected chi connectivity index (χ1v) is 6.74. The number of aliphatic hydroxyl groups excluding tert-OH is 1. The summed E-state index contributed by atoms with van der Waals surface area (Å²) in [5.41, 5.74) is -0.799. The summed E-state index contributed by atoms with van der Waals surface area (Å²) in [6, 6.07) is 2.36. The van der Waals surface area contributed by atoms with Gasteiger partial charge in [0.15, 0.2) is 0 Å². The van der Waals surface area contributed by atoms with Crippen LogP contribution in [-0.4, -0.2) is 24.2 Å². The van der Waals surface area contributed by atoms with Crippen molar-refractivity contribution in [3.63, 3.8) is 0 Å². The second-order valence-corrected chi connectivity index (χ2v) is 5.10. The summed E-state index contributed by atoms with van der Waals surface area (Å²) in [5.74, 6) is -2.51. The van der Waals surface area contributed by atoms with Crippen LogP contribution >= 0.6 is 0 Å². The average molecular weight is 285 g/mol. The van der Waals surface area contributed by atoms with Gasteiger partial charge in [0.1, 0.15) is 17.2 Å². The molecule has 0 atom stereocenters. The molecule has 112 valence electrons. The number of amides is 1. The second kappa shape index (κ2) is 6.79. The molecule has 0 saturated heterocycles. The summed E-state index contributed by atoms with van der Waals surface area (Å²) >= 11 is 0. The Labute approximate surface area is 118 Å². The molecule has 1 rings (SSSR count). The van der Waals surface area contributed by atoms with E-state index in [1.54, 1.807) is 0 Å². The van der Waals surface area contributed by atoms with Gasteiger partial charge in [0.25, 0.3) is 5.91 Å². The summed E-state index contributed by atoms with van der Waals surface area (Å²) in [4.78, 5) is 12.0. The zero-order chi connectivity index (χ0) is 15.3. The minimum atomic E-state index is -0.881. The Bertz CT molecular complexity index is 477. The molecule has 2 N–H and O–H groups in total. The van der Waals surface area contributed by atoms with Crippen LogP contribution in [0.1, 0.15) is 42.6 Å². The van der Waals surface area contributed by atoms with Gasteiger partial charge < -0.3 is 10.4 Å². The minimum absolute atomic E-state index is 0.0843. The van der Waals surface area contributed by atoms with Crippen LogP contribution in [0.3, 0.4) is 0 Å². The Kier molecular flexibility index (Phi) is 5.62. The molecule has 0 fully saturated rings. The zero-order valence-corrected chi connectivity index (χ0v) is 12.1. The molecule has 1 aromatic rings. The number of hydrogen-bond donors (Lipinski definition) is 2. The third kappa shape index (κ3) is 3.33. The van der Waals surface area contributed by atoms with E-state index in [1.807, 2.05) is 13.8 Å². The Hall–Kier alpha value is -1.49. The highest BCUT2D eigenvalue weighted by Crippen LogP contribution is 2.25. The second-order valence-electron chi connectivity index (χ2n) is 5.10. The number of rotatable bonds is 6. The number of carbonyl (C=O) groups excluding carboxylic acids is 1. The van der Waals surface area contributed by atoms with E-state index < -0.39 is 28.5 Å². The van der Waals surface area contributed by atoms with Crippen molar-refractivity contribution in [2.24, 2.45) is 5.41 Å². The number of aliphatic hydroxyl groups is 1. The topological polar surface area (TPSA) is 49.3 Å². The molecule has 0 bridgehead atoms. The van der Waals surface area contributed by atoms with Crippen LogP contribution < -0.4 is 5.32 Å². The molecule has 0 aliphatic carbocycles. The van der Waals surface area contributed by atoms with Crippen LogP contribution in [-0.2, 0) is 0 Å². The van der Waals surface area contributed by atoms with Gasteiger partial charge in [-0.15, -0.1) is 0 Å². The van der Waals surface area contributed by atoms with Gasteiger partial charge in [-0.25, -0.2) is 8.78 Å². The maximum Gasteiger partial charge on any atom is 0.257 e. The molecule has 0 unspecified atom stereocenters. The summed E-state index contributed by atoms with van der Waals surface area (Å²) in [6.07, 6.45) is 1.33. The molecule has 1 aromatic carbocycles. The standard InChI is InChI=1S/C15H21F2NO2/c1-4-15(5-2,9-19)8-18-14(20)12-11(16)7-6-10(3)13(12)17/h6-7,19H,4-5,8-9H2,1-3H3,(H,18,20). The van der Waals surface area contributed by atoms with Gasteiger partial charge in [-0.2, -0.15) is 0 Å². The SMILES string of the molecule is CCC(CC)(CO)CNC(=O)c1c(F)ccc(C)c1F. The Morgan fingerprint density at radius 2 is 1.90 bits per heavy atom. The Balaban J connectivity index is 2.90. The molecule has 0 spiro atoms. The van der Waals surface area contributed by atoms with Gasteiger partial charge in [0, 0.05) is 12.0 Å². The molecular formula is C15H21F2NO2. The number of carbonyl (C=O) groups is 1. The first-order chi connectivity index (χ1) is 9.40. The number of halogens is 2. The van der Waals surface area contributed by atoms with Crippen molar-refractivity contribution >= 4 is 5.91 Å². The molecule has 0 aromatic heterocycles. The van der Waals surface area contributed by atoms with Crippen molar-refractivity contribution in [2.45, 2.75) is 33.6 Å². The van der Waals surface area contributed by atoms with E-state index in [9.17, 15) is 18.7 Å². The van der Waals surface area contributed by atoms with Crippen molar-refractivity contribution in [3.8, 4) is 0 Å². The molecule has 20 heavy (non-hydrogen) atoms. The van der Waals surface area contributed by atoms with E-state index in [-0.39, 0.29) is 18.7 Å². The lowest BCUT2D eigenvalue weighted by atomic mass is 9.83. The molecule has 0 radical (unpaired) electrons. The van der Waals surface area contributed by atoms with Crippen molar-refractivity contribution < 1.29 is 18.7 Å². The summed E-state index contributed by atoms with van der Waals surface area (Å²) in [5, 5.41) is 11.9. The molecule has 0 saturated carbocycles. The van der Waals surface area contributed by atoms with Gasteiger partial charge in [-0.1, -0.05) is 19.9 Å². The fourth-order valence-corrected chi connectivity index (χ4v) is 2.00. The zero-order valence-electron chi connectivity index (χ0n) is 12.1. The van der Waals surface area contributed by atoms with Crippen molar-refractivity contribution in [1.29, 1.82) is 0 Å². The number of benzene rings is 1. The third-order valence-electron chi connectivity index (χ3n) is 3.97. The predicted molar refractivity (Wildman–Crippen MR) is 73.5 cm³/mol. The third-order valence-corrected chi connectivity index (χ3v) is 3.97. The maximum absolute atomic E-state index is 13.8. The highest BCUT2D eigenvalue weighted by atomic mass is 19.1. The summed E-state index contributed by atoms with van der Waals surface area (Å²) in [6.45, 7) is 5.38. The van der Waals surface area contributed by atoms with Crippen LogP contribution in [0, 0.1) is 24.0 Å². The van der Waals surface area contributed by atoms with Gasteiger partial charge in [0.05, 0.1) is 6.61 Å². The monoisotopic (exact) mass is 285 g/mol. The highest BCUT2D eigenvalue weighted by Gasteiger charge is 2.27. The van der Waals surface area contributed by atoms with E-state index >= 15 is 0 Å². The highest BCUT2D eigenvalue weighted by molar-refractivity contribution is 5.95. The first kappa shape index (κ1) is 16.6. The van der Waals surface area contributed by atoms with E-state index in [0.29, 0.717) is 12.8 Å². The number of aryl methyl sites for hydroxylation is 1. The molecule has 0 heterocycles. The number of nitrogens with one attached hydrogen (secondary N) is 1. The normalized spacial score (nSPS) is 11.5. The van der Waals surface area contributed by atoms with Crippen LogP contribution in [0.5, 0.6) is 0 Å². The molecule has 5 heteroatoms. The number of hydrogen-bond acceptors (Lipinski definition) is 2. The van der Waals surface area contributed by atoms with Crippen LogP contribution in [0.15, 0.2) is 12.1 Å². The quantitative estimate of drug-likeness (QED) is 0.844. The van der Waals surface area contributed by atoms with Gasteiger partial charge in [0.2, 0.25) is 0 Å². The fourth-order valence-electron chi connectivity index (χ4n) is 2.00. The van der Waals surface area contributed by atoms with Crippen molar-refractivity contribution in [2.75, 3.05) is 13.2 Å². The average Bonchev–Trinajstić information content (AvgIpc) is 2.45. The van der Waals surface area contributed by atoms with E-state index in [4.69, 9.17) is 0 Å². The Morgan fingerprint density at radius 1 is 1.30 bits per heavy atom. The van der Waals surface area contributed by atoms with E-state index in [2.05, 4.69) is 5.32 Å². The van der Waals surface area contributed by atoms with Crippen molar-refractivity contribution in [1.82, 2.24) is 5.32 Å². The molecule has 1 amide bonds. The molecule has 0 aliphatic heterocycles. The largest absolute Gasteiger partial charge is 0.396 e. The predicted octanol–water partition coefficient (Wildman–Crippen LogP) is 2.80. The lowest BCUT2D eigenvalue weighted by Crippen LogP contribution is -2.40.